The van der Waals surface area contributed by atoms with Crippen molar-refractivity contribution in [3.8, 4) is 5.75 Å². The van der Waals surface area contributed by atoms with Crippen LogP contribution in [0.2, 0.25) is 0 Å². The van der Waals surface area contributed by atoms with Crippen molar-refractivity contribution in [1.29, 1.82) is 0 Å². The minimum atomic E-state index is -0.0496. The zero-order valence-electron chi connectivity index (χ0n) is 13.5. The second kappa shape index (κ2) is 8.01. The average molecular weight is 335 g/mol. The molecule has 0 saturated heterocycles. The van der Waals surface area contributed by atoms with Crippen molar-refractivity contribution in [2.24, 2.45) is 0 Å². The molecule has 1 unspecified atom stereocenters. The quantitative estimate of drug-likeness (QED) is 0.838. The number of carbonyl (C=O) groups is 1. The second-order valence-corrected chi connectivity index (χ2v) is 6.85. The largest absolute Gasteiger partial charge is 0.508 e. The van der Waals surface area contributed by atoms with Gasteiger partial charge in [0.25, 0.3) is 0 Å². The third kappa shape index (κ3) is 4.99. The molecule has 1 aromatic heterocycles. The molecule has 1 amide bonds. The number of thioether (sulfide) groups is 1. The lowest BCUT2D eigenvalue weighted by atomic mass is 10.1. The SMILES string of the molecule is CCSC(C)c1noc(CN(C)C(=O)Cc2ccc(O)cc2)n1. The highest BCUT2D eigenvalue weighted by atomic mass is 32.2. The molecule has 0 fully saturated rings. The fourth-order valence-electron chi connectivity index (χ4n) is 2.04. The number of amides is 1. The lowest BCUT2D eigenvalue weighted by Crippen LogP contribution is -2.27. The minimum Gasteiger partial charge on any atom is -0.508 e. The summed E-state index contributed by atoms with van der Waals surface area (Å²) in [4.78, 5) is 18.1. The van der Waals surface area contributed by atoms with Gasteiger partial charge in [-0.25, -0.2) is 0 Å². The monoisotopic (exact) mass is 335 g/mol. The van der Waals surface area contributed by atoms with E-state index in [2.05, 4.69) is 17.1 Å². The Morgan fingerprint density at radius 2 is 2.09 bits per heavy atom. The van der Waals surface area contributed by atoms with Crippen molar-refractivity contribution in [2.75, 3.05) is 12.8 Å². The van der Waals surface area contributed by atoms with E-state index in [0.717, 1.165) is 11.3 Å². The number of hydrogen-bond donors (Lipinski definition) is 1. The predicted molar refractivity (Wildman–Crippen MR) is 89.1 cm³/mol. The number of likely N-dealkylation sites (N-methyl/N-ethyl adjacent to an activating group) is 1. The van der Waals surface area contributed by atoms with Crippen LogP contribution < -0.4 is 0 Å². The van der Waals surface area contributed by atoms with Crippen molar-refractivity contribution >= 4 is 17.7 Å². The van der Waals surface area contributed by atoms with Crippen LogP contribution in [0.5, 0.6) is 5.75 Å². The van der Waals surface area contributed by atoms with Crippen LogP contribution in [0.15, 0.2) is 28.8 Å². The van der Waals surface area contributed by atoms with Crippen molar-refractivity contribution in [2.45, 2.75) is 32.1 Å². The number of hydrogen-bond acceptors (Lipinski definition) is 6. The van der Waals surface area contributed by atoms with E-state index < -0.39 is 0 Å². The van der Waals surface area contributed by atoms with Crippen molar-refractivity contribution in [3.05, 3.63) is 41.5 Å². The maximum absolute atomic E-state index is 12.2. The zero-order chi connectivity index (χ0) is 16.8. The molecule has 1 aromatic carbocycles. The Hall–Kier alpha value is -2.02. The Kier molecular flexibility index (Phi) is 6.04. The lowest BCUT2D eigenvalue weighted by Gasteiger charge is -2.14. The zero-order valence-corrected chi connectivity index (χ0v) is 14.3. The van der Waals surface area contributed by atoms with Crippen LogP contribution in [0, 0.1) is 0 Å². The molecular weight excluding hydrogens is 314 g/mol. The van der Waals surface area contributed by atoms with E-state index in [9.17, 15) is 9.90 Å². The van der Waals surface area contributed by atoms with Gasteiger partial charge in [0.05, 0.1) is 18.2 Å². The smallest absolute Gasteiger partial charge is 0.246 e. The maximum Gasteiger partial charge on any atom is 0.246 e. The normalized spacial score (nSPS) is 12.1. The summed E-state index contributed by atoms with van der Waals surface area (Å²) < 4.78 is 5.22. The van der Waals surface area contributed by atoms with Gasteiger partial charge >= 0.3 is 0 Å². The Balaban J connectivity index is 1.91. The first-order valence-corrected chi connectivity index (χ1v) is 8.50. The van der Waals surface area contributed by atoms with E-state index in [1.54, 1.807) is 48.0 Å². The lowest BCUT2D eigenvalue weighted by molar-refractivity contribution is -0.130. The number of benzene rings is 1. The van der Waals surface area contributed by atoms with E-state index in [4.69, 9.17) is 4.52 Å². The van der Waals surface area contributed by atoms with Gasteiger partial charge in [-0.05, 0) is 30.4 Å². The summed E-state index contributed by atoms with van der Waals surface area (Å²) in [6, 6.07) is 6.60. The molecule has 1 N–H and O–H groups in total. The van der Waals surface area contributed by atoms with Crippen LogP contribution in [-0.2, 0) is 17.8 Å². The third-order valence-corrected chi connectivity index (χ3v) is 4.40. The van der Waals surface area contributed by atoms with E-state index in [1.807, 2.05) is 6.92 Å². The highest BCUT2D eigenvalue weighted by molar-refractivity contribution is 7.99. The topological polar surface area (TPSA) is 79.5 Å². The van der Waals surface area contributed by atoms with Crippen molar-refractivity contribution in [3.63, 3.8) is 0 Å². The molecule has 0 bridgehead atoms. The van der Waals surface area contributed by atoms with Gasteiger partial charge in [0, 0.05) is 7.05 Å². The standard InChI is InChI=1S/C16H21N3O3S/c1-4-23-11(2)16-17-14(22-18-16)10-19(3)15(21)9-12-5-7-13(20)8-6-12/h5-8,11,20H,4,9-10H2,1-3H3. The highest BCUT2D eigenvalue weighted by Crippen LogP contribution is 2.25. The summed E-state index contributed by atoms with van der Waals surface area (Å²) in [7, 11) is 1.71. The second-order valence-electron chi connectivity index (χ2n) is 5.24. The number of rotatable bonds is 7. The van der Waals surface area contributed by atoms with Gasteiger partial charge < -0.3 is 14.5 Å². The van der Waals surface area contributed by atoms with Crippen molar-refractivity contribution in [1.82, 2.24) is 15.0 Å². The van der Waals surface area contributed by atoms with Gasteiger partial charge in [0.15, 0.2) is 5.82 Å². The van der Waals surface area contributed by atoms with E-state index >= 15 is 0 Å². The first-order valence-electron chi connectivity index (χ1n) is 7.45. The predicted octanol–water partition coefficient (Wildman–Crippen LogP) is 2.79. The molecule has 1 atom stereocenters. The summed E-state index contributed by atoms with van der Waals surface area (Å²) >= 11 is 1.74. The third-order valence-electron chi connectivity index (χ3n) is 3.35. The Bertz CT molecular complexity index is 642. The summed E-state index contributed by atoms with van der Waals surface area (Å²) in [5, 5.41) is 13.4. The number of nitrogens with zero attached hydrogens (tertiary/aromatic N) is 3. The fourth-order valence-corrected chi connectivity index (χ4v) is 2.78. The minimum absolute atomic E-state index is 0.0496. The fraction of sp³-hybridized carbons (Fsp3) is 0.438. The molecule has 6 nitrogen and oxygen atoms in total. The first kappa shape index (κ1) is 17.3. The van der Waals surface area contributed by atoms with Gasteiger partial charge in [-0.2, -0.15) is 16.7 Å². The van der Waals surface area contributed by atoms with E-state index in [1.165, 1.54) is 0 Å². The van der Waals surface area contributed by atoms with Gasteiger partial charge in [-0.3, -0.25) is 4.79 Å². The first-order chi connectivity index (χ1) is 11.0. The van der Waals surface area contributed by atoms with Crippen LogP contribution in [-0.4, -0.2) is 38.9 Å². The molecule has 7 heteroatoms. The molecule has 2 rings (SSSR count). The molecule has 0 spiro atoms. The Labute approximate surface area is 139 Å². The van der Waals surface area contributed by atoms with Crippen LogP contribution in [0.3, 0.4) is 0 Å². The van der Waals surface area contributed by atoms with Crippen LogP contribution in [0.4, 0.5) is 0 Å². The number of aromatic hydroxyl groups is 1. The van der Waals surface area contributed by atoms with E-state index in [-0.39, 0.29) is 29.9 Å². The summed E-state index contributed by atoms with van der Waals surface area (Å²) in [6.07, 6.45) is 0.264. The van der Waals surface area contributed by atoms with Gasteiger partial charge in [0.1, 0.15) is 5.75 Å². The number of aromatic nitrogens is 2. The van der Waals surface area contributed by atoms with Gasteiger partial charge in [-0.1, -0.05) is 24.2 Å². The van der Waals surface area contributed by atoms with Crippen LogP contribution in [0.1, 0.15) is 36.4 Å². The number of carbonyl (C=O) groups excluding carboxylic acids is 1. The Morgan fingerprint density at radius 3 is 2.74 bits per heavy atom. The van der Waals surface area contributed by atoms with Crippen molar-refractivity contribution < 1.29 is 14.4 Å². The van der Waals surface area contributed by atoms with Gasteiger partial charge in [0.2, 0.25) is 11.8 Å². The van der Waals surface area contributed by atoms with Gasteiger partial charge in [-0.15, -0.1) is 0 Å². The van der Waals surface area contributed by atoms with Crippen LogP contribution in [0.25, 0.3) is 0 Å². The average Bonchev–Trinajstić information content (AvgIpc) is 2.98. The molecule has 23 heavy (non-hydrogen) atoms. The van der Waals surface area contributed by atoms with E-state index in [0.29, 0.717) is 11.7 Å². The number of phenols is 1. The molecule has 0 saturated carbocycles. The molecule has 1 heterocycles. The molecule has 124 valence electrons. The molecule has 0 aliphatic rings. The summed E-state index contributed by atoms with van der Waals surface area (Å²) in [5.41, 5.74) is 0.846. The van der Waals surface area contributed by atoms with Crippen LogP contribution >= 0.6 is 11.8 Å². The summed E-state index contributed by atoms with van der Waals surface area (Å²) in [6.45, 7) is 4.40. The molecular formula is C16H21N3O3S. The highest BCUT2D eigenvalue weighted by Gasteiger charge is 2.17. The summed E-state index contributed by atoms with van der Waals surface area (Å²) in [5.74, 6) is 2.21. The number of phenolic OH excluding ortho intramolecular Hbond substituents is 1. The molecule has 0 aliphatic carbocycles. The molecule has 0 radical (unpaired) electrons. The molecule has 0 aliphatic heterocycles. The molecule has 2 aromatic rings. The Morgan fingerprint density at radius 1 is 1.39 bits per heavy atom. The maximum atomic E-state index is 12.2.